The highest BCUT2D eigenvalue weighted by Crippen LogP contribution is 2.28. The molecule has 1 aromatic carbocycles. The van der Waals surface area contributed by atoms with Crippen LogP contribution in [0.15, 0.2) is 28.7 Å². The van der Waals surface area contributed by atoms with E-state index in [9.17, 15) is 14.4 Å². The van der Waals surface area contributed by atoms with Crippen molar-refractivity contribution in [3.05, 3.63) is 46.7 Å². The number of para-hydroxylation sites is 1. The number of furan rings is 1. The molecule has 7 heteroatoms. The zero-order chi connectivity index (χ0) is 19.3. The first kappa shape index (κ1) is 19.2. The van der Waals surface area contributed by atoms with Crippen molar-refractivity contribution in [3.8, 4) is 5.75 Å². The van der Waals surface area contributed by atoms with Crippen LogP contribution >= 0.6 is 0 Å². The smallest absolute Gasteiger partial charge is 0.344 e. The number of hydrogen-bond donors (Lipinski definition) is 1. The average molecular weight is 359 g/mol. The van der Waals surface area contributed by atoms with E-state index in [1.165, 1.54) is 6.92 Å². The Bertz CT molecular complexity index is 837. The number of ketones is 1. The Morgan fingerprint density at radius 2 is 1.81 bits per heavy atom. The maximum absolute atomic E-state index is 12.2. The van der Waals surface area contributed by atoms with E-state index in [0.717, 1.165) is 5.56 Å². The third kappa shape index (κ3) is 4.30. The topological polar surface area (TPSA) is 94.8 Å². The fourth-order valence-corrected chi connectivity index (χ4v) is 2.48. The normalized spacial score (nSPS) is 10.3. The van der Waals surface area contributed by atoms with Crippen LogP contribution in [0.25, 0.3) is 0 Å². The van der Waals surface area contributed by atoms with Gasteiger partial charge in [-0.2, -0.15) is 0 Å². The molecule has 2 aromatic rings. The Labute approximate surface area is 151 Å². The molecule has 138 valence electrons. The number of ether oxygens (including phenoxy) is 2. The van der Waals surface area contributed by atoms with Crippen molar-refractivity contribution in [1.82, 2.24) is 0 Å². The van der Waals surface area contributed by atoms with Crippen molar-refractivity contribution in [2.45, 2.75) is 27.7 Å². The third-order valence-corrected chi connectivity index (χ3v) is 3.62. The Morgan fingerprint density at radius 3 is 2.42 bits per heavy atom. The molecule has 26 heavy (non-hydrogen) atoms. The molecule has 7 nitrogen and oxygen atoms in total. The summed E-state index contributed by atoms with van der Waals surface area (Å²) in [5.74, 6) is -0.924. The minimum absolute atomic E-state index is 0.0823. The molecule has 2 rings (SSSR count). The van der Waals surface area contributed by atoms with E-state index < -0.39 is 11.9 Å². The van der Waals surface area contributed by atoms with Gasteiger partial charge in [-0.1, -0.05) is 18.2 Å². The van der Waals surface area contributed by atoms with Crippen molar-refractivity contribution in [2.75, 3.05) is 18.5 Å². The van der Waals surface area contributed by atoms with Gasteiger partial charge in [0.05, 0.1) is 12.2 Å². The summed E-state index contributed by atoms with van der Waals surface area (Å²) in [5.41, 5.74) is 0.903. The molecule has 1 heterocycles. The number of esters is 1. The molecule has 0 radical (unpaired) electrons. The van der Waals surface area contributed by atoms with Gasteiger partial charge in [0.25, 0.3) is 5.91 Å². The predicted octanol–water partition coefficient (Wildman–Crippen LogP) is 3.29. The number of carbonyl (C=O) groups excluding carboxylic acids is 3. The summed E-state index contributed by atoms with van der Waals surface area (Å²) in [6.45, 7) is 6.21. The van der Waals surface area contributed by atoms with Gasteiger partial charge in [-0.15, -0.1) is 0 Å². The summed E-state index contributed by atoms with van der Waals surface area (Å²) in [4.78, 5) is 36.2. The number of amides is 1. The van der Waals surface area contributed by atoms with E-state index in [2.05, 4.69) is 5.32 Å². The van der Waals surface area contributed by atoms with Crippen LogP contribution < -0.4 is 10.1 Å². The van der Waals surface area contributed by atoms with Crippen LogP contribution in [0.5, 0.6) is 5.75 Å². The molecule has 0 aliphatic heterocycles. The zero-order valence-electron chi connectivity index (χ0n) is 15.2. The lowest BCUT2D eigenvalue weighted by Crippen LogP contribution is -2.22. The molecule has 0 saturated heterocycles. The number of aryl methyl sites for hydroxylation is 2. The molecular formula is C19H21NO6. The van der Waals surface area contributed by atoms with Gasteiger partial charge in [-0.3, -0.25) is 14.9 Å². The van der Waals surface area contributed by atoms with E-state index in [0.29, 0.717) is 5.75 Å². The van der Waals surface area contributed by atoms with E-state index in [-0.39, 0.29) is 41.8 Å². The van der Waals surface area contributed by atoms with E-state index >= 15 is 0 Å². The number of anilines is 1. The minimum atomic E-state index is -0.732. The molecule has 1 aromatic heterocycles. The second-order valence-corrected chi connectivity index (χ2v) is 5.62. The van der Waals surface area contributed by atoms with Gasteiger partial charge < -0.3 is 13.9 Å². The summed E-state index contributed by atoms with van der Waals surface area (Å²) in [5, 5.41) is 2.47. The van der Waals surface area contributed by atoms with Gasteiger partial charge in [-0.05, 0) is 39.3 Å². The number of carbonyl (C=O) groups is 3. The number of rotatable bonds is 7. The van der Waals surface area contributed by atoms with Crippen LogP contribution in [0, 0.1) is 13.8 Å². The SMILES string of the molecule is CCOC(=O)c1c(NC(=O)COc2ccccc2C)oc(C)c1C(C)=O. The van der Waals surface area contributed by atoms with E-state index in [1.54, 1.807) is 26.0 Å². The first-order valence-electron chi connectivity index (χ1n) is 8.14. The van der Waals surface area contributed by atoms with Gasteiger partial charge in [0.1, 0.15) is 17.1 Å². The van der Waals surface area contributed by atoms with Crippen LogP contribution in [0.1, 0.15) is 45.9 Å². The largest absolute Gasteiger partial charge is 0.483 e. The maximum Gasteiger partial charge on any atom is 0.344 e. The molecule has 0 atom stereocenters. The fraction of sp³-hybridized carbons (Fsp3) is 0.316. The molecule has 0 spiro atoms. The van der Waals surface area contributed by atoms with Gasteiger partial charge in [0, 0.05) is 0 Å². The third-order valence-electron chi connectivity index (χ3n) is 3.62. The quantitative estimate of drug-likeness (QED) is 0.602. The Balaban J connectivity index is 2.19. The summed E-state index contributed by atoms with van der Waals surface area (Å²) < 4.78 is 15.8. The summed E-state index contributed by atoms with van der Waals surface area (Å²) in [7, 11) is 0. The molecule has 0 fully saturated rings. The molecule has 0 aliphatic carbocycles. The maximum atomic E-state index is 12.2. The molecule has 1 amide bonds. The summed E-state index contributed by atoms with van der Waals surface area (Å²) in [6, 6.07) is 7.27. The van der Waals surface area contributed by atoms with Gasteiger partial charge in [-0.25, -0.2) is 4.79 Å². The number of Topliss-reactive ketones (excluding diaryl/α,β-unsaturated/α-hetero) is 1. The van der Waals surface area contributed by atoms with Crippen LogP contribution in [-0.2, 0) is 9.53 Å². The molecular weight excluding hydrogens is 338 g/mol. The Morgan fingerprint density at radius 1 is 1.12 bits per heavy atom. The minimum Gasteiger partial charge on any atom is -0.483 e. The van der Waals surface area contributed by atoms with Crippen LogP contribution in [0.3, 0.4) is 0 Å². The number of hydrogen-bond acceptors (Lipinski definition) is 6. The first-order chi connectivity index (χ1) is 12.3. The summed E-state index contributed by atoms with van der Waals surface area (Å²) in [6.07, 6.45) is 0. The lowest BCUT2D eigenvalue weighted by atomic mass is 10.1. The lowest BCUT2D eigenvalue weighted by Gasteiger charge is -2.09. The molecule has 0 bridgehead atoms. The van der Waals surface area contributed by atoms with Crippen molar-refractivity contribution >= 4 is 23.5 Å². The highest BCUT2D eigenvalue weighted by atomic mass is 16.5. The molecule has 0 saturated carbocycles. The second kappa shape index (κ2) is 8.33. The molecule has 0 unspecified atom stereocenters. The van der Waals surface area contributed by atoms with E-state index in [4.69, 9.17) is 13.9 Å². The van der Waals surface area contributed by atoms with Crippen molar-refractivity contribution in [1.29, 1.82) is 0 Å². The van der Waals surface area contributed by atoms with E-state index in [1.807, 2.05) is 19.1 Å². The van der Waals surface area contributed by atoms with Crippen LogP contribution in [0.2, 0.25) is 0 Å². The fourth-order valence-electron chi connectivity index (χ4n) is 2.48. The standard InChI is InChI=1S/C19H21NO6/c1-5-24-19(23)17-16(12(3)21)13(4)26-18(17)20-15(22)10-25-14-9-7-6-8-11(14)2/h6-9H,5,10H2,1-4H3,(H,20,22). The molecule has 0 aliphatic rings. The van der Waals surface area contributed by atoms with Crippen molar-refractivity contribution < 1.29 is 28.3 Å². The van der Waals surface area contributed by atoms with Crippen molar-refractivity contribution in [3.63, 3.8) is 0 Å². The van der Waals surface area contributed by atoms with Gasteiger partial charge >= 0.3 is 5.97 Å². The van der Waals surface area contributed by atoms with Crippen molar-refractivity contribution in [2.24, 2.45) is 0 Å². The molecule has 1 N–H and O–H groups in total. The number of benzene rings is 1. The second-order valence-electron chi connectivity index (χ2n) is 5.62. The monoisotopic (exact) mass is 359 g/mol. The van der Waals surface area contributed by atoms with Gasteiger partial charge in [0.15, 0.2) is 12.4 Å². The highest BCUT2D eigenvalue weighted by Gasteiger charge is 2.28. The van der Waals surface area contributed by atoms with Crippen LogP contribution in [-0.4, -0.2) is 30.9 Å². The Kier molecular flexibility index (Phi) is 6.16. The van der Waals surface area contributed by atoms with Crippen LogP contribution in [0.4, 0.5) is 5.88 Å². The Hall–Kier alpha value is -3.09. The van der Waals surface area contributed by atoms with Gasteiger partial charge in [0.2, 0.25) is 5.88 Å². The summed E-state index contributed by atoms with van der Waals surface area (Å²) >= 11 is 0. The highest BCUT2D eigenvalue weighted by molar-refractivity contribution is 6.10. The average Bonchev–Trinajstić information content (AvgIpc) is 2.90. The predicted molar refractivity (Wildman–Crippen MR) is 94.7 cm³/mol. The first-order valence-corrected chi connectivity index (χ1v) is 8.14. The number of nitrogens with one attached hydrogen (secondary N) is 1. The lowest BCUT2D eigenvalue weighted by molar-refractivity contribution is -0.118. The zero-order valence-corrected chi connectivity index (χ0v) is 15.2.